The van der Waals surface area contributed by atoms with Crippen LogP contribution in [0.1, 0.15) is 11.4 Å². The maximum atomic E-state index is 4.87. The minimum Gasteiger partial charge on any atom is -0.242 e. The lowest BCUT2D eigenvalue weighted by Crippen LogP contribution is -2.37. The average molecular weight is 314 g/mol. The maximum Gasteiger partial charge on any atom is 0.192 e. The molecule has 0 N–H and O–H groups in total. The van der Waals surface area contributed by atoms with E-state index < -0.39 is 0 Å². The quantitative estimate of drug-likeness (QED) is 0.542. The summed E-state index contributed by atoms with van der Waals surface area (Å²) in [5.74, 6) is 0. The summed E-state index contributed by atoms with van der Waals surface area (Å²) in [7, 11) is 0. The highest BCUT2D eigenvalue weighted by Crippen LogP contribution is 2.13. The molecular formula is C20H18N4+2. The van der Waals surface area contributed by atoms with Crippen LogP contribution in [-0.2, 0) is 13.1 Å². The van der Waals surface area contributed by atoms with E-state index in [1.54, 1.807) is 0 Å². The Morgan fingerprint density at radius 2 is 0.958 bits per heavy atom. The van der Waals surface area contributed by atoms with Crippen molar-refractivity contribution in [2.75, 3.05) is 0 Å². The molecule has 116 valence electrons. The van der Waals surface area contributed by atoms with Gasteiger partial charge in [0.1, 0.15) is 11.4 Å². The average Bonchev–Trinajstić information content (AvgIpc) is 2.64. The third-order valence-corrected chi connectivity index (χ3v) is 3.94. The van der Waals surface area contributed by atoms with Crippen molar-refractivity contribution in [2.24, 2.45) is 0 Å². The van der Waals surface area contributed by atoms with Gasteiger partial charge in [0, 0.05) is 24.3 Å². The molecule has 3 heterocycles. The Balaban J connectivity index is 1.78. The van der Waals surface area contributed by atoms with Gasteiger partial charge in [-0.2, -0.15) is 9.13 Å². The molecule has 0 aliphatic rings. The van der Waals surface area contributed by atoms with E-state index in [-0.39, 0.29) is 0 Å². The molecule has 4 nitrogen and oxygen atoms in total. The summed E-state index contributed by atoms with van der Waals surface area (Å²) in [4.78, 5) is 9.74. The fraction of sp³-hybridized carbons (Fsp3) is 0.100. The minimum absolute atomic E-state index is 0.710. The standard InChI is InChI=1S/C20H18N4/c1-5-11-23(12-6-1)15-19-20(16-24-13-7-2-8-14-24)22-18-10-4-3-9-17(18)21-19/h1-14H,15-16H2/q+2. The van der Waals surface area contributed by atoms with Gasteiger partial charge < -0.3 is 0 Å². The van der Waals surface area contributed by atoms with Gasteiger partial charge in [0.25, 0.3) is 0 Å². The lowest BCUT2D eigenvalue weighted by molar-refractivity contribution is -0.694. The molecule has 0 aliphatic carbocycles. The van der Waals surface area contributed by atoms with Crippen LogP contribution in [0.4, 0.5) is 0 Å². The molecule has 0 bridgehead atoms. The van der Waals surface area contributed by atoms with E-state index in [1.807, 2.05) is 60.7 Å². The molecule has 24 heavy (non-hydrogen) atoms. The van der Waals surface area contributed by atoms with Crippen LogP contribution in [0.5, 0.6) is 0 Å². The highest BCUT2D eigenvalue weighted by molar-refractivity contribution is 5.74. The van der Waals surface area contributed by atoms with Crippen LogP contribution in [0.2, 0.25) is 0 Å². The van der Waals surface area contributed by atoms with Crippen LogP contribution >= 0.6 is 0 Å². The van der Waals surface area contributed by atoms with Crippen LogP contribution in [-0.4, -0.2) is 9.97 Å². The number of para-hydroxylation sites is 2. The monoisotopic (exact) mass is 314 g/mol. The van der Waals surface area contributed by atoms with Gasteiger partial charge in [0.15, 0.2) is 37.9 Å². The van der Waals surface area contributed by atoms with Crippen molar-refractivity contribution in [2.45, 2.75) is 13.1 Å². The topological polar surface area (TPSA) is 33.5 Å². The molecule has 0 aliphatic heterocycles. The molecule has 0 saturated carbocycles. The van der Waals surface area contributed by atoms with Gasteiger partial charge in [0.2, 0.25) is 0 Å². The van der Waals surface area contributed by atoms with Crippen LogP contribution in [0.15, 0.2) is 85.5 Å². The predicted octanol–water partition coefficient (Wildman–Crippen LogP) is 2.30. The predicted molar refractivity (Wildman–Crippen MR) is 91.0 cm³/mol. The summed E-state index contributed by atoms with van der Waals surface area (Å²) in [6, 6.07) is 20.2. The summed E-state index contributed by atoms with van der Waals surface area (Å²) < 4.78 is 4.25. The fourth-order valence-corrected chi connectivity index (χ4v) is 2.75. The van der Waals surface area contributed by atoms with Crippen LogP contribution in [0.25, 0.3) is 11.0 Å². The minimum atomic E-state index is 0.710. The highest BCUT2D eigenvalue weighted by Gasteiger charge is 2.16. The molecule has 1 aromatic carbocycles. The van der Waals surface area contributed by atoms with Crippen molar-refractivity contribution in [3.8, 4) is 0 Å². The number of rotatable bonds is 4. The van der Waals surface area contributed by atoms with E-state index in [0.717, 1.165) is 22.4 Å². The molecule has 0 fully saturated rings. The molecule has 4 aromatic rings. The first kappa shape index (κ1) is 14.5. The summed E-state index contributed by atoms with van der Waals surface area (Å²) >= 11 is 0. The largest absolute Gasteiger partial charge is 0.242 e. The molecule has 3 aromatic heterocycles. The Hall–Kier alpha value is -3.14. The second-order valence-electron chi connectivity index (χ2n) is 5.70. The van der Waals surface area contributed by atoms with Crippen molar-refractivity contribution in [3.63, 3.8) is 0 Å². The van der Waals surface area contributed by atoms with Gasteiger partial charge in [-0.3, -0.25) is 0 Å². The first-order chi connectivity index (χ1) is 11.9. The van der Waals surface area contributed by atoms with Crippen molar-refractivity contribution in [1.29, 1.82) is 0 Å². The van der Waals surface area contributed by atoms with Crippen molar-refractivity contribution < 1.29 is 9.13 Å². The van der Waals surface area contributed by atoms with Gasteiger partial charge in [-0.1, -0.05) is 24.3 Å². The SMILES string of the molecule is c1cc[n+](Cc2nc3ccccc3nc2C[n+]2ccccc2)cc1. The molecular weight excluding hydrogens is 296 g/mol. The summed E-state index contributed by atoms with van der Waals surface area (Å²) in [5, 5.41) is 0. The van der Waals surface area contributed by atoms with Crippen LogP contribution < -0.4 is 9.13 Å². The van der Waals surface area contributed by atoms with Crippen LogP contribution in [0, 0.1) is 0 Å². The summed E-state index contributed by atoms with van der Waals surface area (Å²) in [6.45, 7) is 1.42. The molecule has 4 heteroatoms. The first-order valence-electron chi connectivity index (χ1n) is 8.01. The molecule has 0 spiro atoms. The number of hydrogen-bond donors (Lipinski definition) is 0. The first-order valence-corrected chi connectivity index (χ1v) is 8.01. The molecule has 0 saturated heterocycles. The van der Waals surface area contributed by atoms with Gasteiger partial charge in [-0.15, -0.1) is 0 Å². The van der Waals surface area contributed by atoms with Crippen molar-refractivity contribution in [1.82, 2.24) is 9.97 Å². The normalized spacial score (nSPS) is 10.8. The second kappa shape index (κ2) is 6.54. The maximum absolute atomic E-state index is 4.87. The van der Waals surface area contributed by atoms with E-state index in [9.17, 15) is 0 Å². The van der Waals surface area contributed by atoms with E-state index >= 15 is 0 Å². The zero-order chi connectivity index (χ0) is 16.2. The van der Waals surface area contributed by atoms with Crippen LogP contribution in [0.3, 0.4) is 0 Å². The van der Waals surface area contributed by atoms with E-state index in [4.69, 9.17) is 9.97 Å². The van der Waals surface area contributed by atoms with E-state index in [1.165, 1.54) is 0 Å². The van der Waals surface area contributed by atoms with Gasteiger partial charge in [0.05, 0.1) is 11.0 Å². The summed E-state index contributed by atoms with van der Waals surface area (Å²) in [6.07, 6.45) is 8.21. The number of aromatic nitrogens is 4. The van der Waals surface area contributed by atoms with E-state index in [2.05, 4.69) is 33.9 Å². The number of benzene rings is 1. The zero-order valence-corrected chi connectivity index (χ0v) is 13.3. The smallest absolute Gasteiger partial charge is 0.192 e. The third-order valence-electron chi connectivity index (χ3n) is 3.94. The fourth-order valence-electron chi connectivity index (χ4n) is 2.75. The number of fused-ring (bicyclic) bond motifs is 1. The lowest BCUT2D eigenvalue weighted by Gasteiger charge is -2.06. The molecule has 0 radical (unpaired) electrons. The zero-order valence-electron chi connectivity index (χ0n) is 13.3. The van der Waals surface area contributed by atoms with Gasteiger partial charge in [-0.05, 0) is 12.1 Å². The lowest BCUT2D eigenvalue weighted by atomic mass is 10.2. The van der Waals surface area contributed by atoms with Crippen molar-refractivity contribution in [3.05, 3.63) is 96.8 Å². The van der Waals surface area contributed by atoms with E-state index in [0.29, 0.717) is 13.1 Å². The number of hydrogen-bond acceptors (Lipinski definition) is 2. The molecule has 0 unspecified atom stereocenters. The molecule has 0 atom stereocenters. The second-order valence-corrected chi connectivity index (χ2v) is 5.70. The Morgan fingerprint density at radius 3 is 1.38 bits per heavy atom. The van der Waals surface area contributed by atoms with Gasteiger partial charge >= 0.3 is 0 Å². The van der Waals surface area contributed by atoms with Crippen molar-refractivity contribution >= 4 is 11.0 Å². The molecule has 0 amide bonds. The molecule has 4 rings (SSSR count). The number of pyridine rings is 2. The number of nitrogens with zero attached hydrogens (tertiary/aromatic N) is 4. The van der Waals surface area contributed by atoms with Gasteiger partial charge in [-0.25, -0.2) is 9.97 Å². The Morgan fingerprint density at radius 1 is 0.542 bits per heavy atom. The Kier molecular flexibility index (Phi) is 3.94. The Labute approximate surface area is 140 Å². The Bertz CT molecular complexity index is 873. The highest BCUT2D eigenvalue weighted by atomic mass is 15.0. The third kappa shape index (κ3) is 3.13. The summed E-state index contributed by atoms with van der Waals surface area (Å²) in [5.41, 5.74) is 3.87.